The molecule has 0 N–H and O–H groups in total. The van der Waals surface area contributed by atoms with Crippen molar-refractivity contribution in [2.45, 2.75) is 46.0 Å². The van der Waals surface area contributed by atoms with Gasteiger partial charge in [-0.2, -0.15) is 0 Å². The summed E-state index contributed by atoms with van der Waals surface area (Å²) in [7, 11) is 0. The summed E-state index contributed by atoms with van der Waals surface area (Å²) in [4.78, 5) is 15.7. The molecule has 0 atom stereocenters. The summed E-state index contributed by atoms with van der Waals surface area (Å²) < 4.78 is 4.87. The molecule has 1 rings (SSSR count). The molecule has 0 spiro atoms. The number of esters is 1. The van der Waals surface area contributed by atoms with Gasteiger partial charge in [0, 0.05) is 17.2 Å². The van der Waals surface area contributed by atoms with Crippen LogP contribution in [0.2, 0.25) is 0 Å². The highest BCUT2D eigenvalue weighted by molar-refractivity contribution is 7.09. The second kappa shape index (κ2) is 5.43. The lowest BCUT2D eigenvalue weighted by atomic mass is 9.98. The average Bonchev–Trinajstić information content (AvgIpc) is 2.63. The van der Waals surface area contributed by atoms with Crippen molar-refractivity contribution in [3.05, 3.63) is 16.1 Å². The van der Waals surface area contributed by atoms with Gasteiger partial charge in [-0.05, 0) is 6.92 Å². The number of nitrogens with zero attached hydrogens (tertiary/aromatic N) is 1. The molecule has 0 unspecified atom stereocenters. The Kier molecular flexibility index (Phi) is 4.47. The summed E-state index contributed by atoms with van der Waals surface area (Å²) in [5.41, 5.74) is 1.08. The van der Waals surface area contributed by atoms with Crippen LogP contribution in [0, 0.1) is 0 Å². The van der Waals surface area contributed by atoms with E-state index in [-0.39, 0.29) is 11.4 Å². The topological polar surface area (TPSA) is 39.2 Å². The first-order valence-electron chi connectivity index (χ1n) is 5.54. The summed E-state index contributed by atoms with van der Waals surface area (Å²) in [5, 5.41) is 3.14. The summed E-state index contributed by atoms with van der Waals surface area (Å²) >= 11 is 1.66. The zero-order valence-electron chi connectivity index (χ0n) is 10.4. The summed E-state index contributed by atoms with van der Waals surface area (Å²) in [6, 6.07) is 0. The number of thiazole rings is 1. The highest BCUT2D eigenvalue weighted by atomic mass is 32.1. The van der Waals surface area contributed by atoms with E-state index in [0.29, 0.717) is 19.4 Å². The lowest BCUT2D eigenvalue weighted by molar-refractivity contribution is -0.143. The monoisotopic (exact) mass is 241 g/mol. The molecule has 0 saturated carbocycles. The normalized spacial score (nSPS) is 11.5. The van der Waals surface area contributed by atoms with Gasteiger partial charge >= 0.3 is 5.97 Å². The minimum Gasteiger partial charge on any atom is -0.466 e. The second-order valence-corrected chi connectivity index (χ2v) is 5.56. The van der Waals surface area contributed by atoms with Crippen LogP contribution in [0.5, 0.6) is 0 Å². The van der Waals surface area contributed by atoms with Crippen LogP contribution in [-0.4, -0.2) is 17.6 Å². The van der Waals surface area contributed by atoms with E-state index in [9.17, 15) is 4.79 Å². The van der Waals surface area contributed by atoms with Crippen LogP contribution in [0.15, 0.2) is 5.38 Å². The van der Waals surface area contributed by atoms with E-state index in [2.05, 4.69) is 25.8 Å². The van der Waals surface area contributed by atoms with Gasteiger partial charge in [-0.3, -0.25) is 4.79 Å². The van der Waals surface area contributed by atoms with Crippen LogP contribution < -0.4 is 0 Å². The molecule has 0 saturated heterocycles. The van der Waals surface area contributed by atoms with Gasteiger partial charge in [0.25, 0.3) is 0 Å². The summed E-state index contributed by atoms with van der Waals surface area (Å²) in [5.74, 6) is -0.146. The zero-order valence-corrected chi connectivity index (χ0v) is 11.2. The van der Waals surface area contributed by atoms with Crippen molar-refractivity contribution in [3.8, 4) is 0 Å². The fraction of sp³-hybridized carbons (Fsp3) is 0.667. The molecule has 1 aromatic rings. The van der Waals surface area contributed by atoms with Gasteiger partial charge in [0.1, 0.15) is 0 Å². The molecule has 3 nitrogen and oxygen atoms in total. The number of hydrogen-bond donors (Lipinski definition) is 0. The van der Waals surface area contributed by atoms with Crippen LogP contribution >= 0.6 is 11.3 Å². The molecule has 0 radical (unpaired) electrons. The Labute approximate surface area is 101 Å². The van der Waals surface area contributed by atoms with Gasteiger partial charge in [0.2, 0.25) is 0 Å². The van der Waals surface area contributed by atoms with E-state index in [4.69, 9.17) is 4.74 Å². The first-order valence-corrected chi connectivity index (χ1v) is 6.42. The van der Waals surface area contributed by atoms with Crippen molar-refractivity contribution in [3.63, 3.8) is 0 Å². The predicted molar refractivity (Wildman–Crippen MR) is 65.8 cm³/mol. The number of hydrogen-bond acceptors (Lipinski definition) is 4. The fourth-order valence-corrected chi connectivity index (χ4v) is 2.17. The molecule has 0 bridgehead atoms. The summed E-state index contributed by atoms with van der Waals surface area (Å²) in [6.07, 6.45) is 1.09. The van der Waals surface area contributed by atoms with Crippen molar-refractivity contribution < 1.29 is 9.53 Å². The number of carbonyl (C=O) groups is 1. The zero-order chi connectivity index (χ0) is 12.2. The number of aryl methyl sites for hydroxylation is 1. The second-order valence-electron chi connectivity index (χ2n) is 4.70. The third-order valence-corrected chi connectivity index (χ3v) is 3.40. The average molecular weight is 241 g/mol. The standard InChI is InChI=1S/C12H19NO2S/c1-5-15-10(14)7-6-9-8-16-11(13-9)12(2,3)4/h8H,5-7H2,1-4H3. The molecule has 0 aliphatic rings. The highest BCUT2D eigenvalue weighted by Crippen LogP contribution is 2.25. The van der Waals surface area contributed by atoms with Crippen LogP contribution in [0.3, 0.4) is 0 Å². The smallest absolute Gasteiger partial charge is 0.306 e. The van der Waals surface area contributed by atoms with E-state index in [1.807, 2.05) is 12.3 Å². The van der Waals surface area contributed by atoms with Gasteiger partial charge in [0.15, 0.2) is 0 Å². The maximum atomic E-state index is 11.2. The Bertz CT molecular complexity index is 352. The van der Waals surface area contributed by atoms with Crippen molar-refractivity contribution in [1.82, 2.24) is 4.98 Å². The van der Waals surface area contributed by atoms with Crippen molar-refractivity contribution in [1.29, 1.82) is 0 Å². The lowest BCUT2D eigenvalue weighted by Crippen LogP contribution is -2.11. The molecule has 4 heteroatoms. The fourth-order valence-electron chi connectivity index (χ4n) is 1.23. The van der Waals surface area contributed by atoms with Gasteiger partial charge in [-0.15, -0.1) is 11.3 Å². The van der Waals surface area contributed by atoms with Crippen molar-refractivity contribution >= 4 is 17.3 Å². The minimum atomic E-state index is -0.146. The molecule has 1 aromatic heterocycles. The summed E-state index contributed by atoms with van der Waals surface area (Å²) in [6.45, 7) is 8.68. The van der Waals surface area contributed by atoms with E-state index in [0.717, 1.165) is 10.7 Å². The van der Waals surface area contributed by atoms with Gasteiger partial charge < -0.3 is 4.74 Å². The molecule has 16 heavy (non-hydrogen) atoms. The number of rotatable bonds is 4. The van der Waals surface area contributed by atoms with E-state index in [1.54, 1.807) is 11.3 Å². The molecule has 0 aromatic carbocycles. The van der Waals surface area contributed by atoms with Crippen LogP contribution in [-0.2, 0) is 21.4 Å². The Morgan fingerprint density at radius 1 is 1.50 bits per heavy atom. The molecular weight excluding hydrogens is 222 g/mol. The van der Waals surface area contributed by atoms with E-state index in [1.165, 1.54) is 0 Å². The maximum Gasteiger partial charge on any atom is 0.306 e. The Hall–Kier alpha value is -0.900. The third-order valence-electron chi connectivity index (χ3n) is 2.08. The molecule has 0 aliphatic heterocycles. The highest BCUT2D eigenvalue weighted by Gasteiger charge is 2.18. The van der Waals surface area contributed by atoms with Gasteiger partial charge in [-0.1, -0.05) is 20.8 Å². The molecular formula is C12H19NO2S. The van der Waals surface area contributed by atoms with Crippen LogP contribution in [0.4, 0.5) is 0 Å². The molecule has 0 amide bonds. The van der Waals surface area contributed by atoms with Gasteiger partial charge in [-0.25, -0.2) is 4.98 Å². The number of ether oxygens (including phenoxy) is 1. The minimum absolute atomic E-state index is 0.0901. The largest absolute Gasteiger partial charge is 0.466 e. The number of aromatic nitrogens is 1. The van der Waals surface area contributed by atoms with E-state index >= 15 is 0 Å². The molecule has 0 fully saturated rings. The van der Waals surface area contributed by atoms with Crippen molar-refractivity contribution in [2.75, 3.05) is 6.61 Å². The quantitative estimate of drug-likeness (QED) is 0.761. The first kappa shape index (κ1) is 13.2. The van der Waals surface area contributed by atoms with Gasteiger partial charge in [0.05, 0.1) is 23.7 Å². The predicted octanol–water partition coefficient (Wildman–Crippen LogP) is 2.94. The Morgan fingerprint density at radius 2 is 2.19 bits per heavy atom. The van der Waals surface area contributed by atoms with Crippen molar-refractivity contribution in [2.24, 2.45) is 0 Å². The third kappa shape index (κ3) is 3.93. The Balaban J connectivity index is 2.50. The van der Waals surface area contributed by atoms with E-state index < -0.39 is 0 Å². The van der Waals surface area contributed by atoms with Crippen LogP contribution in [0.25, 0.3) is 0 Å². The van der Waals surface area contributed by atoms with Crippen LogP contribution in [0.1, 0.15) is 44.8 Å². The lowest BCUT2D eigenvalue weighted by Gasteiger charge is -2.13. The molecule has 1 heterocycles. The first-order chi connectivity index (χ1) is 7.43. The molecule has 90 valence electrons. The molecule has 0 aliphatic carbocycles. The Morgan fingerprint density at radius 3 is 2.69 bits per heavy atom. The SMILES string of the molecule is CCOC(=O)CCc1csc(C(C)(C)C)n1. The number of carbonyl (C=O) groups excluding carboxylic acids is 1. The maximum absolute atomic E-state index is 11.2.